The summed E-state index contributed by atoms with van der Waals surface area (Å²) in [5.74, 6) is 0.363. The van der Waals surface area contributed by atoms with Crippen molar-refractivity contribution in [3.63, 3.8) is 0 Å². The van der Waals surface area contributed by atoms with Crippen molar-refractivity contribution in [2.75, 3.05) is 5.32 Å². The second kappa shape index (κ2) is 3.33. The Bertz CT molecular complexity index is 406. The van der Waals surface area contributed by atoms with Crippen LogP contribution in [0.1, 0.15) is 6.92 Å². The number of hydrogen-bond donors (Lipinski definition) is 1. The number of benzene rings is 1. The number of carbonyl (C=O) groups excluding carboxylic acids is 1. The summed E-state index contributed by atoms with van der Waals surface area (Å²) < 4.78 is 5.32. The van der Waals surface area contributed by atoms with Crippen LogP contribution < -0.4 is 10.1 Å². The van der Waals surface area contributed by atoms with Crippen LogP contribution in [0.5, 0.6) is 5.75 Å². The number of fused-ring (bicyclic) bond motifs is 1. The molecule has 0 spiro atoms. The monoisotopic (exact) mass is 231 g/mol. The van der Waals surface area contributed by atoms with Crippen LogP contribution in [0.25, 0.3) is 0 Å². The van der Waals surface area contributed by atoms with Crippen molar-refractivity contribution in [1.29, 1.82) is 0 Å². The van der Waals surface area contributed by atoms with Gasteiger partial charge in [0.15, 0.2) is 6.10 Å². The molecule has 2 rings (SSSR count). The molecule has 1 aromatic rings. The summed E-state index contributed by atoms with van der Waals surface area (Å²) in [6.45, 7) is 1.67. The van der Waals surface area contributed by atoms with E-state index in [1.54, 1.807) is 19.1 Å². The molecule has 0 saturated heterocycles. The molecule has 1 unspecified atom stereocenters. The maximum atomic E-state index is 11.2. The number of nitrogens with one attached hydrogen (secondary N) is 1. The predicted octanol–water partition coefficient (Wildman–Crippen LogP) is 2.71. The lowest BCUT2D eigenvalue weighted by Gasteiger charge is -2.23. The van der Waals surface area contributed by atoms with E-state index in [-0.39, 0.29) is 5.91 Å². The quantitative estimate of drug-likeness (QED) is 0.746. The Morgan fingerprint density at radius 2 is 2.00 bits per heavy atom. The minimum atomic E-state index is -0.500. The largest absolute Gasteiger partial charge is 0.479 e. The van der Waals surface area contributed by atoms with Crippen LogP contribution in [0, 0.1) is 0 Å². The average Bonchev–Trinajstić information content (AvgIpc) is 2.11. The van der Waals surface area contributed by atoms with Crippen LogP contribution in [0.2, 0.25) is 10.0 Å². The third kappa shape index (κ3) is 1.53. The molecule has 14 heavy (non-hydrogen) atoms. The van der Waals surface area contributed by atoms with E-state index in [1.165, 1.54) is 0 Å². The lowest BCUT2D eigenvalue weighted by Crippen LogP contribution is -2.34. The van der Waals surface area contributed by atoms with Gasteiger partial charge in [0.05, 0.1) is 15.7 Å². The van der Waals surface area contributed by atoms with Gasteiger partial charge in [-0.2, -0.15) is 0 Å². The van der Waals surface area contributed by atoms with Gasteiger partial charge in [-0.25, -0.2) is 0 Å². The third-order valence-electron chi connectivity index (χ3n) is 1.95. The number of hydrogen-bond acceptors (Lipinski definition) is 2. The van der Waals surface area contributed by atoms with Gasteiger partial charge in [0.2, 0.25) is 0 Å². The fourth-order valence-corrected chi connectivity index (χ4v) is 1.52. The van der Waals surface area contributed by atoms with Gasteiger partial charge in [-0.05, 0) is 13.0 Å². The van der Waals surface area contributed by atoms with Crippen LogP contribution in [0.3, 0.4) is 0 Å². The van der Waals surface area contributed by atoms with Crippen LogP contribution in [-0.2, 0) is 4.79 Å². The third-order valence-corrected chi connectivity index (χ3v) is 2.68. The molecule has 5 heteroatoms. The Hall–Kier alpha value is -0.930. The Balaban J connectivity index is 2.47. The van der Waals surface area contributed by atoms with E-state index < -0.39 is 6.10 Å². The smallest absolute Gasteiger partial charge is 0.265 e. The molecule has 0 fully saturated rings. The molecule has 0 aliphatic carbocycles. The van der Waals surface area contributed by atoms with Gasteiger partial charge < -0.3 is 10.1 Å². The SMILES string of the molecule is CC1Oc2cc(Cl)c(Cl)cc2NC1=O. The first-order valence-corrected chi connectivity index (χ1v) is 4.80. The number of carbonyl (C=O) groups is 1. The lowest BCUT2D eigenvalue weighted by molar-refractivity contribution is -0.122. The summed E-state index contributed by atoms with van der Waals surface area (Å²) in [5, 5.41) is 3.47. The fraction of sp³-hybridized carbons (Fsp3) is 0.222. The molecule has 1 heterocycles. The van der Waals surface area contributed by atoms with E-state index in [0.29, 0.717) is 21.5 Å². The Morgan fingerprint density at radius 3 is 2.71 bits per heavy atom. The van der Waals surface area contributed by atoms with E-state index in [0.717, 1.165) is 0 Å². The van der Waals surface area contributed by atoms with Crippen molar-refractivity contribution >= 4 is 34.8 Å². The zero-order chi connectivity index (χ0) is 10.3. The first kappa shape index (κ1) is 9.62. The first-order valence-electron chi connectivity index (χ1n) is 4.04. The number of rotatable bonds is 0. The van der Waals surface area contributed by atoms with Gasteiger partial charge in [-0.3, -0.25) is 4.79 Å². The molecule has 74 valence electrons. The molecule has 3 nitrogen and oxygen atoms in total. The van der Waals surface area contributed by atoms with Crippen molar-refractivity contribution in [3.8, 4) is 5.75 Å². The molecule has 1 N–H and O–H groups in total. The first-order chi connectivity index (χ1) is 6.58. The van der Waals surface area contributed by atoms with Gasteiger partial charge in [-0.1, -0.05) is 23.2 Å². The summed E-state index contributed by atoms with van der Waals surface area (Å²) in [7, 11) is 0. The van der Waals surface area contributed by atoms with Crippen molar-refractivity contribution in [3.05, 3.63) is 22.2 Å². The van der Waals surface area contributed by atoms with Gasteiger partial charge in [0.1, 0.15) is 5.75 Å². The number of halogens is 2. The number of anilines is 1. The van der Waals surface area contributed by atoms with E-state index in [2.05, 4.69) is 5.32 Å². The second-order valence-electron chi connectivity index (χ2n) is 3.01. The molecule has 1 aliphatic heterocycles. The zero-order valence-corrected chi connectivity index (χ0v) is 8.82. The molecular formula is C9H7Cl2NO2. The molecule has 1 aliphatic rings. The van der Waals surface area contributed by atoms with Gasteiger partial charge >= 0.3 is 0 Å². The Morgan fingerprint density at radius 1 is 1.36 bits per heavy atom. The van der Waals surface area contributed by atoms with Crippen LogP contribution in [0.4, 0.5) is 5.69 Å². The summed E-state index contributed by atoms with van der Waals surface area (Å²) in [6, 6.07) is 3.16. The highest BCUT2D eigenvalue weighted by atomic mass is 35.5. The summed E-state index contributed by atoms with van der Waals surface area (Å²) in [5.41, 5.74) is 0.558. The van der Waals surface area contributed by atoms with Crippen molar-refractivity contribution in [2.45, 2.75) is 13.0 Å². The minimum Gasteiger partial charge on any atom is -0.479 e. The van der Waals surface area contributed by atoms with E-state index in [1.807, 2.05) is 0 Å². The minimum absolute atomic E-state index is 0.184. The molecule has 1 amide bonds. The maximum absolute atomic E-state index is 11.2. The van der Waals surface area contributed by atoms with E-state index in [9.17, 15) is 4.79 Å². The van der Waals surface area contributed by atoms with Gasteiger partial charge in [-0.15, -0.1) is 0 Å². The van der Waals surface area contributed by atoms with Crippen molar-refractivity contribution in [2.24, 2.45) is 0 Å². The Kier molecular flexibility index (Phi) is 2.29. The average molecular weight is 232 g/mol. The normalized spacial score (nSPS) is 19.6. The van der Waals surface area contributed by atoms with Crippen LogP contribution in [-0.4, -0.2) is 12.0 Å². The highest BCUT2D eigenvalue weighted by Crippen LogP contribution is 2.36. The number of amides is 1. The highest BCUT2D eigenvalue weighted by Gasteiger charge is 2.24. The molecule has 0 saturated carbocycles. The summed E-state index contributed by atoms with van der Waals surface area (Å²) >= 11 is 11.6. The molecule has 1 aromatic carbocycles. The molecule has 0 bridgehead atoms. The zero-order valence-electron chi connectivity index (χ0n) is 7.30. The molecule has 0 radical (unpaired) electrons. The Labute approximate surface area is 91.0 Å². The standard InChI is InChI=1S/C9H7Cl2NO2/c1-4-9(13)12-7-2-5(10)6(11)3-8(7)14-4/h2-4H,1H3,(H,12,13). The van der Waals surface area contributed by atoms with Crippen molar-refractivity contribution in [1.82, 2.24) is 0 Å². The van der Waals surface area contributed by atoms with Crippen LogP contribution >= 0.6 is 23.2 Å². The second-order valence-corrected chi connectivity index (χ2v) is 3.83. The number of ether oxygens (including phenoxy) is 1. The highest BCUT2D eigenvalue weighted by molar-refractivity contribution is 6.42. The molecule has 0 aromatic heterocycles. The van der Waals surface area contributed by atoms with E-state index >= 15 is 0 Å². The van der Waals surface area contributed by atoms with Gasteiger partial charge in [0.25, 0.3) is 5.91 Å². The molecular weight excluding hydrogens is 225 g/mol. The van der Waals surface area contributed by atoms with Crippen molar-refractivity contribution < 1.29 is 9.53 Å². The van der Waals surface area contributed by atoms with Gasteiger partial charge in [0, 0.05) is 6.07 Å². The fourth-order valence-electron chi connectivity index (χ4n) is 1.20. The summed E-state index contributed by atoms with van der Waals surface area (Å²) in [6.07, 6.45) is -0.500. The summed E-state index contributed by atoms with van der Waals surface area (Å²) in [4.78, 5) is 11.2. The molecule has 1 atom stereocenters. The lowest BCUT2D eigenvalue weighted by atomic mass is 10.2. The predicted molar refractivity (Wildman–Crippen MR) is 55.2 cm³/mol. The maximum Gasteiger partial charge on any atom is 0.265 e. The van der Waals surface area contributed by atoms with Crippen LogP contribution in [0.15, 0.2) is 12.1 Å². The van der Waals surface area contributed by atoms with E-state index in [4.69, 9.17) is 27.9 Å². The topological polar surface area (TPSA) is 38.3 Å².